The molecule has 1 fully saturated rings. The first-order valence-corrected chi connectivity index (χ1v) is 7.73. The zero-order valence-electron chi connectivity index (χ0n) is 13.0. The summed E-state index contributed by atoms with van der Waals surface area (Å²) in [5.74, 6) is 0.173. The van der Waals surface area contributed by atoms with Gasteiger partial charge in [-0.1, -0.05) is 18.9 Å². The van der Waals surface area contributed by atoms with Crippen LogP contribution in [-0.4, -0.2) is 21.1 Å². The SMILES string of the molecule is N#Cc1nccc(C2(NC(=O)Nc3cccc(O)c3)CCCC2)n1. The topological polar surface area (TPSA) is 111 Å². The number of nitrogens with one attached hydrogen (secondary N) is 2. The maximum absolute atomic E-state index is 12.4. The first kappa shape index (κ1) is 15.7. The van der Waals surface area contributed by atoms with E-state index in [4.69, 9.17) is 5.26 Å². The molecule has 7 heteroatoms. The summed E-state index contributed by atoms with van der Waals surface area (Å²) in [4.78, 5) is 20.6. The van der Waals surface area contributed by atoms with Crippen LogP contribution >= 0.6 is 0 Å². The molecule has 3 rings (SSSR count). The Balaban J connectivity index is 1.81. The highest BCUT2D eigenvalue weighted by molar-refractivity contribution is 5.90. The van der Waals surface area contributed by atoms with Gasteiger partial charge in [-0.3, -0.25) is 0 Å². The van der Waals surface area contributed by atoms with Gasteiger partial charge in [-0.05, 0) is 31.0 Å². The Labute approximate surface area is 139 Å². The lowest BCUT2D eigenvalue weighted by Crippen LogP contribution is -2.46. The van der Waals surface area contributed by atoms with E-state index in [0.29, 0.717) is 11.4 Å². The molecule has 24 heavy (non-hydrogen) atoms. The molecule has 0 bridgehead atoms. The highest BCUT2D eigenvalue weighted by Gasteiger charge is 2.38. The van der Waals surface area contributed by atoms with E-state index in [1.54, 1.807) is 18.2 Å². The molecule has 7 nitrogen and oxygen atoms in total. The van der Waals surface area contributed by atoms with E-state index in [0.717, 1.165) is 25.7 Å². The molecule has 0 aliphatic heterocycles. The summed E-state index contributed by atoms with van der Waals surface area (Å²) in [5.41, 5.74) is 0.550. The van der Waals surface area contributed by atoms with Gasteiger partial charge in [0.1, 0.15) is 11.8 Å². The molecule has 1 aromatic heterocycles. The summed E-state index contributed by atoms with van der Waals surface area (Å²) in [7, 11) is 0. The van der Waals surface area contributed by atoms with Crippen LogP contribution in [0.3, 0.4) is 0 Å². The molecule has 3 N–H and O–H groups in total. The minimum atomic E-state index is -0.602. The van der Waals surface area contributed by atoms with Crippen molar-refractivity contribution in [2.24, 2.45) is 0 Å². The number of nitriles is 1. The van der Waals surface area contributed by atoms with Crippen molar-refractivity contribution in [3.63, 3.8) is 0 Å². The summed E-state index contributed by atoms with van der Waals surface area (Å²) in [6, 6.07) is 9.64. The molecule has 1 aromatic carbocycles. The van der Waals surface area contributed by atoms with Crippen LogP contribution in [-0.2, 0) is 5.54 Å². The van der Waals surface area contributed by atoms with Crippen molar-refractivity contribution in [2.45, 2.75) is 31.2 Å². The average molecular weight is 323 g/mol. The lowest BCUT2D eigenvalue weighted by molar-refractivity contribution is 0.235. The standard InChI is InChI=1S/C17H17N5O2/c18-11-15-19-9-6-14(21-15)17(7-1-2-8-17)22-16(24)20-12-4-3-5-13(23)10-12/h3-6,9-10,23H,1-2,7-8H2,(H2,20,22,24). The first-order valence-electron chi connectivity index (χ1n) is 7.73. The van der Waals surface area contributed by atoms with Gasteiger partial charge in [-0.2, -0.15) is 5.26 Å². The Kier molecular flexibility index (Phi) is 4.29. The molecule has 1 saturated carbocycles. The number of hydrogen-bond donors (Lipinski definition) is 3. The van der Waals surface area contributed by atoms with Crippen LogP contribution < -0.4 is 10.6 Å². The molecule has 0 radical (unpaired) electrons. The van der Waals surface area contributed by atoms with Gasteiger partial charge in [0.25, 0.3) is 0 Å². The molecule has 0 atom stereocenters. The number of benzene rings is 1. The van der Waals surface area contributed by atoms with Crippen molar-refractivity contribution in [1.82, 2.24) is 15.3 Å². The summed E-state index contributed by atoms with van der Waals surface area (Å²) in [6.45, 7) is 0. The predicted octanol–water partition coefficient (Wildman–Crippen LogP) is 2.64. The van der Waals surface area contributed by atoms with Crippen LogP contribution in [0.1, 0.15) is 37.2 Å². The Morgan fingerprint density at radius 3 is 2.79 bits per heavy atom. The zero-order valence-corrected chi connectivity index (χ0v) is 13.0. The quantitative estimate of drug-likeness (QED) is 0.804. The number of phenolic OH excluding ortho intramolecular Hbond substituents is 1. The van der Waals surface area contributed by atoms with Crippen LogP contribution in [0.25, 0.3) is 0 Å². The number of nitrogens with zero attached hydrogens (tertiary/aromatic N) is 3. The van der Waals surface area contributed by atoms with Crippen molar-refractivity contribution in [3.8, 4) is 11.8 Å². The van der Waals surface area contributed by atoms with E-state index in [1.165, 1.54) is 18.3 Å². The van der Waals surface area contributed by atoms with Gasteiger partial charge in [0.15, 0.2) is 0 Å². The Morgan fingerprint density at radius 2 is 2.08 bits per heavy atom. The minimum Gasteiger partial charge on any atom is -0.508 e. The van der Waals surface area contributed by atoms with Crippen molar-refractivity contribution in [3.05, 3.63) is 48.0 Å². The van der Waals surface area contributed by atoms with Gasteiger partial charge >= 0.3 is 6.03 Å². The Bertz CT molecular complexity index is 794. The lowest BCUT2D eigenvalue weighted by Gasteiger charge is -2.29. The van der Waals surface area contributed by atoms with Gasteiger partial charge in [0, 0.05) is 18.0 Å². The first-order chi connectivity index (χ1) is 11.6. The number of hydrogen-bond acceptors (Lipinski definition) is 5. The third kappa shape index (κ3) is 3.27. The minimum absolute atomic E-state index is 0.0813. The molecule has 0 unspecified atom stereocenters. The molecule has 2 aromatic rings. The van der Waals surface area contributed by atoms with E-state index in [1.807, 2.05) is 6.07 Å². The number of rotatable bonds is 3. The Morgan fingerprint density at radius 1 is 1.29 bits per heavy atom. The van der Waals surface area contributed by atoms with Crippen LogP contribution in [0.15, 0.2) is 36.5 Å². The number of aromatic hydroxyl groups is 1. The number of carbonyl (C=O) groups is 1. The Hall–Kier alpha value is -3.14. The molecular weight excluding hydrogens is 306 g/mol. The summed E-state index contributed by atoms with van der Waals surface area (Å²) < 4.78 is 0. The van der Waals surface area contributed by atoms with E-state index < -0.39 is 5.54 Å². The molecule has 0 spiro atoms. The van der Waals surface area contributed by atoms with Gasteiger partial charge in [-0.25, -0.2) is 14.8 Å². The molecule has 1 heterocycles. The van der Waals surface area contributed by atoms with Gasteiger partial charge in [0.05, 0.1) is 11.2 Å². The zero-order chi connectivity index (χ0) is 17.0. The predicted molar refractivity (Wildman–Crippen MR) is 87.2 cm³/mol. The highest BCUT2D eigenvalue weighted by Crippen LogP contribution is 2.37. The van der Waals surface area contributed by atoms with Gasteiger partial charge in [-0.15, -0.1) is 0 Å². The fraction of sp³-hybridized carbons (Fsp3) is 0.294. The lowest BCUT2D eigenvalue weighted by atomic mass is 9.93. The van der Waals surface area contributed by atoms with E-state index >= 15 is 0 Å². The number of phenols is 1. The maximum Gasteiger partial charge on any atom is 0.319 e. The van der Waals surface area contributed by atoms with Crippen LogP contribution in [0, 0.1) is 11.3 Å². The summed E-state index contributed by atoms with van der Waals surface area (Å²) in [5, 5.41) is 24.2. The molecule has 2 amide bonds. The van der Waals surface area contributed by atoms with Crippen molar-refractivity contribution in [2.75, 3.05) is 5.32 Å². The fourth-order valence-electron chi connectivity index (χ4n) is 3.07. The van der Waals surface area contributed by atoms with Crippen LogP contribution in [0.4, 0.5) is 10.5 Å². The molecule has 1 aliphatic carbocycles. The number of amides is 2. The molecular formula is C17H17N5O2. The summed E-state index contributed by atoms with van der Waals surface area (Å²) >= 11 is 0. The number of anilines is 1. The second-order valence-electron chi connectivity index (χ2n) is 5.80. The second kappa shape index (κ2) is 6.54. The molecule has 122 valence electrons. The van der Waals surface area contributed by atoms with Gasteiger partial charge < -0.3 is 15.7 Å². The van der Waals surface area contributed by atoms with Crippen LogP contribution in [0.2, 0.25) is 0 Å². The normalized spacial score (nSPS) is 15.5. The molecule has 0 saturated heterocycles. The third-order valence-electron chi connectivity index (χ3n) is 4.16. The smallest absolute Gasteiger partial charge is 0.319 e. The highest BCUT2D eigenvalue weighted by atomic mass is 16.3. The monoisotopic (exact) mass is 323 g/mol. The van der Waals surface area contributed by atoms with E-state index in [2.05, 4.69) is 20.6 Å². The van der Waals surface area contributed by atoms with E-state index in [-0.39, 0.29) is 17.6 Å². The average Bonchev–Trinajstić information content (AvgIpc) is 3.04. The second-order valence-corrected chi connectivity index (χ2v) is 5.80. The third-order valence-corrected chi connectivity index (χ3v) is 4.16. The number of urea groups is 1. The number of carbonyl (C=O) groups excluding carboxylic acids is 1. The van der Waals surface area contributed by atoms with Crippen molar-refractivity contribution < 1.29 is 9.90 Å². The van der Waals surface area contributed by atoms with Crippen LogP contribution in [0.5, 0.6) is 5.75 Å². The summed E-state index contributed by atoms with van der Waals surface area (Å²) in [6.07, 6.45) is 4.98. The van der Waals surface area contributed by atoms with Crippen molar-refractivity contribution in [1.29, 1.82) is 5.26 Å². The van der Waals surface area contributed by atoms with Gasteiger partial charge in [0.2, 0.25) is 5.82 Å². The molecule has 1 aliphatic rings. The maximum atomic E-state index is 12.4. The number of aromatic nitrogens is 2. The largest absolute Gasteiger partial charge is 0.508 e. The fourth-order valence-corrected chi connectivity index (χ4v) is 3.07. The van der Waals surface area contributed by atoms with Crippen molar-refractivity contribution >= 4 is 11.7 Å². The van der Waals surface area contributed by atoms with E-state index in [9.17, 15) is 9.90 Å².